The lowest BCUT2D eigenvalue weighted by Gasteiger charge is -1.94. The van der Waals surface area contributed by atoms with Crippen LogP contribution >= 0.6 is 0 Å². The molecule has 0 aliphatic heterocycles. The van der Waals surface area contributed by atoms with Crippen LogP contribution in [-0.2, 0) is 4.79 Å². The van der Waals surface area contributed by atoms with Crippen molar-refractivity contribution in [1.82, 2.24) is 0 Å². The second kappa shape index (κ2) is 5.09. The summed E-state index contributed by atoms with van der Waals surface area (Å²) in [5.41, 5.74) is 2.21. The zero-order valence-corrected chi connectivity index (χ0v) is 7.44. The maximum Gasteiger partial charge on any atom is 0.123 e. The molecule has 0 aromatic heterocycles. The summed E-state index contributed by atoms with van der Waals surface area (Å²) in [5, 5.41) is 0. The number of allylic oxidation sites excluding steroid dienone is 1. The molecule has 0 N–H and O–H groups in total. The van der Waals surface area contributed by atoms with Crippen molar-refractivity contribution >= 4 is 18.4 Å². The van der Waals surface area contributed by atoms with Gasteiger partial charge in [0, 0.05) is 6.42 Å². The van der Waals surface area contributed by atoms with E-state index < -0.39 is 0 Å². The van der Waals surface area contributed by atoms with Crippen LogP contribution < -0.4 is 0 Å². The van der Waals surface area contributed by atoms with Crippen molar-refractivity contribution in [2.75, 3.05) is 0 Å². The minimum Gasteiger partial charge on any atom is -0.303 e. The molecule has 66 valence electrons. The molecule has 0 aliphatic carbocycles. The van der Waals surface area contributed by atoms with Crippen LogP contribution in [0, 0.1) is 0 Å². The molecule has 1 heteroatoms. The Morgan fingerprint density at radius 2 is 1.77 bits per heavy atom. The quantitative estimate of drug-likeness (QED) is 0.638. The highest BCUT2D eigenvalue weighted by Gasteiger charge is 1.86. The van der Waals surface area contributed by atoms with Crippen LogP contribution in [0.2, 0.25) is 0 Å². The summed E-state index contributed by atoms with van der Waals surface area (Å²) in [4.78, 5) is 10.0. The fourth-order valence-electron chi connectivity index (χ4n) is 1.00. The molecule has 0 saturated heterocycles. The van der Waals surface area contributed by atoms with Gasteiger partial charge in [-0.1, -0.05) is 49.1 Å². The van der Waals surface area contributed by atoms with E-state index in [1.807, 2.05) is 36.4 Å². The Balaban J connectivity index is 2.68. The van der Waals surface area contributed by atoms with E-state index >= 15 is 0 Å². The molecule has 0 bridgehead atoms. The van der Waals surface area contributed by atoms with Gasteiger partial charge in [0.25, 0.3) is 0 Å². The van der Waals surface area contributed by atoms with Crippen molar-refractivity contribution < 1.29 is 4.79 Å². The van der Waals surface area contributed by atoms with E-state index in [0.717, 1.165) is 17.4 Å². The maximum atomic E-state index is 10.0. The van der Waals surface area contributed by atoms with Crippen molar-refractivity contribution in [2.24, 2.45) is 0 Å². The number of aldehydes is 1. The summed E-state index contributed by atoms with van der Waals surface area (Å²) in [6.07, 6.45) is 6.94. The van der Waals surface area contributed by atoms with E-state index in [9.17, 15) is 4.79 Å². The highest BCUT2D eigenvalue weighted by Crippen LogP contribution is 2.06. The Kier molecular flexibility index (Phi) is 3.71. The summed E-state index contributed by atoms with van der Waals surface area (Å²) in [5.74, 6) is 0. The van der Waals surface area contributed by atoms with Gasteiger partial charge in [-0.15, -0.1) is 0 Å². The molecular weight excluding hydrogens is 160 g/mol. The predicted octanol–water partition coefficient (Wildman–Crippen LogP) is 2.93. The molecule has 0 aliphatic rings. The predicted molar refractivity (Wildman–Crippen MR) is 56.2 cm³/mol. The largest absolute Gasteiger partial charge is 0.303 e. The van der Waals surface area contributed by atoms with Crippen molar-refractivity contribution in [3.05, 3.63) is 48.0 Å². The Bertz CT molecular complexity index is 306. The van der Waals surface area contributed by atoms with Gasteiger partial charge in [-0.05, 0) is 11.1 Å². The van der Waals surface area contributed by atoms with Crippen LogP contribution in [0.5, 0.6) is 0 Å². The van der Waals surface area contributed by atoms with Crippen LogP contribution in [0.4, 0.5) is 0 Å². The zero-order chi connectivity index (χ0) is 9.52. The average Bonchev–Trinajstić information content (AvgIpc) is 2.19. The van der Waals surface area contributed by atoms with Crippen LogP contribution in [0.3, 0.4) is 0 Å². The first-order valence-electron chi connectivity index (χ1n) is 4.19. The lowest BCUT2D eigenvalue weighted by molar-refractivity contribution is -0.107. The Morgan fingerprint density at radius 3 is 2.31 bits per heavy atom. The van der Waals surface area contributed by atoms with Crippen LogP contribution in [0.25, 0.3) is 12.2 Å². The molecule has 1 aromatic carbocycles. The Labute approximate surface area is 78.4 Å². The summed E-state index contributed by atoms with van der Waals surface area (Å²) in [6.45, 7) is 3.67. The molecular formula is C12H12O. The Morgan fingerprint density at radius 1 is 1.15 bits per heavy atom. The summed E-state index contributed by atoms with van der Waals surface area (Å²) < 4.78 is 0. The van der Waals surface area contributed by atoms with Gasteiger partial charge in [0.15, 0.2) is 0 Å². The average molecular weight is 172 g/mol. The number of carbonyl (C=O) groups is 1. The minimum absolute atomic E-state index is 0.475. The van der Waals surface area contributed by atoms with E-state index in [2.05, 4.69) is 6.58 Å². The van der Waals surface area contributed by atoms with Crippen molar-refractivity contribution in [2.45, 2.75) is 6.42 Å². The topological polar surface area (TPSA) is 17.1 Å². The second-order valence-corrected chi connectivity index (χ2v) is 2.68. The number of benzene rings is 1. The Hall–Kier alpha value is -1.63. The molecule has 0 saturated carbocycles. The molecule has 0 spiro atoms. The van der Waals surface area contributed by atoms with Gasteiger partial charge in [0.05, 0.1) is 0 Å². The maximum absolute atomic E-state index is 10.0. The van der Waals surface area contributed by atoms with Crippen LogP contribution in [0.15, 0.2) is 36.9 Å². The smallest absolute Gasteiger partial charge is 0.123 e. The third kappa shape index (κ3) is 3.08. The number of rotatable bonds is 4. The summed E-state index contributed by atoms with van der Waals surface area (Å²) >= 11 is 0. The van der Waals surface area contributed by atoms with Gasteiger partial charge >= 0.3 is 0 Å². The van der Waals surface area contributed by atoms with Crippen molar-refractivity contribution in [3.8, 4) is 0 Å². The first-order chi connectivity index (χ1) is 6.36. The summed E-state index contributed by atoms with van der Waals surface area (Å²) in [7, 11) is 0. The molecule has 1 nitrogen and oxygen atoms in total. The minimum atomic E-state index is 0.475. The van der Waals surface area contributed by atoms with Crippen LogP contribution in [-0.4, -0.2) is 6.29 Å². The van der Waals surface area contributed by atoms with Gasteiger partial charge in [-0.25, -0.2) is 0 Å². The lowest BCUT2D eigenvalue weighted by atomic mass is 10.1. The van der Waals surface area contributed by atoms with E-state index in [1.54, 1.807) is 6.08 Å². The third-order valence-corrected chi connectivity index (χ3v) is 1.71. The van der Waals surface area contributed by atoms with Gasteiger partial charge in [-0.3, -0.25) is 0 Å². The standard InChI is InChI=1S/C12H12O/c1-2-11-6-8-12(9-7-11)5-3-4-10-13/h2-3,5-10H,1,4H2. The van der Waals surface area contributed by atoms with E-state index in [1.165, 1.54) is 0 Å². The molecule has 0 unspecified atom stereocenters. The molecule has 0 amide bonds. The fourth-order valence-corrected chi connectivity index (χ4v) is 1.00. The highest BCUT2D eigenvalue weighted by molar-refractivity contribution is 5.59. The van der Waals surface area contributed by atoms with Gasteiger partial charge in [0.2, 0.25) is 0 Å². The second-order valence-electron chi connectivity index (χ2n) is 2.68. The van der Waals surface area contributed by atoms with Gasteiger partial charge < -0.3 is 4.79 Å². The molecule has 0 heterocycles. The van der Waals surface area contributed by atoms with Crippen LogP contribution in [0.1, 0.15) is 17.5 Å². The zero-order valence-electron chi connectivity index (χ0n) is 7.44. The molecule has 0 fully saturated rings. The van der Waals surface area contributed by atoms with Crippen molar-refractivity contribution in [3.63, 3.8) is 0 Å². The monoisotopic (exact) mass is 172 g/mol. The molecule has 1 rings (SSSR count). The normalized spacial score (nSPS) is 10.2. The molecule has 13 heavy (non-hydrogen) atoms. The number of carbonyl (C=O) groups excluding carboxylic acids is 1. The van der Waals surface area contributed by atoms with Gasteiger partial charge in [-0.2, -0.15) is 0 Å². The van der Waals surface area contributed by atoms with E-state index in [-0.39, 0.29) is 0 Å². The fraction of sp³-hybridized carbons (Fsp3) is 0.0833. The number of hydrogen-bond donors (Lipinski definition) is 0. The van der Waals surface area contributed by atoms with E-state index in [4.69, 9.17) is 0 Å². The van der Waals surface area contributed by atoms with Crippen molar-refractivity contribution in [1.29, 1.82) is 0 Å². The molecule has 1 aromatic rings. The first-order valence-corrected chi connectivity index (χ1v) is 4.19. The highest BCUT2D eigenvalue weighted by atomic mass is 16.1. The summed E-state index contributed by atoms with van der Waals surface area (Å²) in [6, 6.07) is 7.98. The molecule has 0 atom stereocenters. The SMILES string of the molecule is C=Cc1ccc(C=CCC=O)cc1. The lowest BCUT2D eigenvalue weighted by Crippen LogP contribution is -1.74. The third-order valence-electron chi connectivity index (χ3n) is 1.71. The van der Waals surface area contributed by atoms with E-state index in [0.29, 0.717) is 6.42 Å². The first kappa shape index (κ1) is 9.46. The molecule has 0 radical (unpaired) electrons. The number of hydrogen-bond acceptors (Lipinski definition) is 1. The van der Waals surface area contributed by atoms with Gasteiger partial charge in [0.1, 0.15) is 6.29 Å².